The Balaban J connectivity index is 2.06. The number of nitrogens with one attached hydrogen (secondary N) is 1. The fourth-order valence-corrected chi connectivity index (χ4v) is 3.16. The first-order valence-electron chi connectivity index (χ1n) is 7.51. The lowest BCUT2D eigenvalue weighted by atomic mass is 9.59. The number of rotatable bonds is 1. The molecule has 1 N–H and O–H groups in total. The predicted octanol–water partition coefficient (Wildman–Crippen LogP) is -1.04. The third-order valence-corrected chi connectivity index (χ3v) is 4.49. The van der Waals surface area contributed by atoms with Gasteiger partial charge in [0.25, 0.3) is 0 Å². The van der Waals surface area contributed by atoms with Crippen LogP contribution in [-0.4, -0.2) is 44.2 Å². The zero-order valence-corrected chi connectivity index (χ0v) is 12.9. The van der Waals surface area contributed by atoms with Gasteiger partial charge >= 0.3 is 0 Å². The smallest absolute Gasteiger partial charge is 0.113 e. The van der Waals surface area contributed by atoms with E-state index in [0.29, 0.717) is 16.5 Å². The van der Waals surface area contributed by atoms with Gasteiger partial charge < -0.3 is 4.98 Å². The van der Waals surface area contributed by atoms with Crippen LogP contribution in [0.2, 0.25) is 0 Å². The van der Waals surface area contributed by atoms with Crippen molar-refractivity contribution in [2.75, 3.05) is 0 Å². The molecule has 3 aromatic carbocycles. The van der Waals surface area contributed by atoms with E-state index >= 15 is 0 Å². The van der Waals surface area contributed by atoms with Crippen LogP contribution in [0, 0.1) is 0 Å². The standard InChI is InChI=1S/C18H8B5N/c19-14-13(15(20)17(22)18(23)16(14)21)8-5-6-12-10(7-8)9-3-1-2-4-11(9)24-12/h1-7,24H. The molecule has 0 fully saturated rings. The minimum absolute atomic E-state index is 0.224. The summed E-state index contributed by atoms with van der Waals surface area (Å²) in [6, 6.07) is 14.1. The number of para-hydroxylation sites is 1. The van der Waals surface area contributed by atoms with E-state index in [1.807, 2.05) is 36.4 Å². The molecular weight excluding hydrogens is 284 g/mol. The molecule has 10 radical (unpaired) electrons. The third-order valence-electron chi connectivity index (χ3n) is 4.49. The van der Waals surface area contributed by atoms with E-state index < -0.39 is 0 Å². The Kier molecular flexibility index (Phi) is 3.45. The topological polar surface area (TPSA) is 15.8 Å². The first-order chi connectivity index (χ1) is 11.5. The summed E-state index contributed by atoms with van der Waals surface area (Å²) in [5.41, 5.74) is 5.01. The SMILES string of the molecule is [B]c1c([B])c([B])c(-c2ccc3[nH]c4ccccc4c3c2)c([B])c1[B]. The number of aromatic amines is 1. The molecule has 24 heavy (non-hydrogen) atoms. The van der Waals surface area contributed by atoms with Gasteiger partial charge in [-0.3, -0.25) is 0 Å². The zero-order chi connectivity index (χ0) is 17.0. The second-order valence-corrected chi connectivity index (χ2v) is 5.87. The van der Waals surface area contributed by atoms with Gasteiger partial charge in [-0.25, -0.2) is 0 Å². The highest BCUT2D eigenvalue weighted by atomic mass is 14.7. The van der Waals surface area contributed by atoms with E-state index in [4.69, 9.17) is 39.2 Å². The van der Waals surface area contributed by atoms with Crippen molar-refractivity contribution in [1.82, 2.24) is 4.98 Å². The van der Waals surface area contributed by atoms with Crippen molar-refractivity contribution in [2.24, 2.45) is 0 Å². The van der Waals surface area contributed by atoms with Gasteiger partial charge in [-0.1, -0.05) is 35.2 Å². The van der Waals surface area contributed by atoms with Crippen molar-refractivity contribution in [1.29, 1.82) is 0 Å². The molecule has 1 heterocycles. The molecule has 0 unspecified atom stereocenters. The van der Waals surface area contributed by atoms with E-state index in [-0.39, 0.29) is 16.4 Å². The molecule has 1 aromatic heterocycles. The van der Waals surface area contributed by atoms with Crippen LogP contribution in [0.4, 0.5) is 0 Å². The minimum Gasteiger partial charge on any atom is -0.355 e. The van der Waals surface area contributed by atoms with Gasteiger partial charge in [-0.05, 0) is 29.3 Å². The molecule has 0 bridgehead atoms. The molecule has 100 valence electrons. The summed E-state index contributed by atoms with van der Waals surface area (Å²) in [4.78, 5) is 3.39. The van der Waals surface area contributed by atoms with Gasteiger partial charge in [-0.2, -0.15) is 0 Å². The van der Waals surface area contributed by atoms with Gasteiger partial charge in [0.05, 0.1) is 0 Å². The van der Waals surface area contributed by atoms with Crippen LogP contribution in [0.15, 0.2) is 42.5 Å². The van der Waals surface area contributed by atoms with Crippen LogP contribution in [0.25, 0.3) is 32.9 Å². The number of aromatic nitrogens is 1. The first-order valence-corrected chi connectivity index (χ1v) is 7.51. The fourth-order valence-electron chi connectivity index (χ4n) is 3.16. The molecule has 0 saturated carbocycles. The fraction of sp³-hybridized carbons (Fsp3) is 0. The van der Waals surface area contributed by atoms with Crippen molar-refractivity contribution in [2.45, 2.75) is 0 Å². The molecular formula is C18H8B5N. The minimum atomic E-state index is 0.224. The highest BCUT2D eigenvalue weighted by Gasteiger charge is 2.13. The predicted molar refractivity (Wildman–Crippen MR) is 108 cm³/mol. The van der Waals surface area contributed by atoms with Gasteiger partial charge in [0.1, 0.15) is 39.2 Å². The van der Waals surface area contributed by atoms with E-state index in [2.05, 4.69) is 11.1 Å². The van der Waals surface area contributed by atoms with Crippen LogP contribution in [-0.2, 0) is 0 Å². The maximum atomic E-state index is 6.17. The summed E-state index contributed by atoms with van der Waals surface area (Å²) in [5.74, 6) is 0. The maximum Gasteiger partial charge on any atom is 0.113 e. The lowest BCUT2D eigenvalue weighted by Crippen LogP contribution is -2.55. The number of benzene rings is 3. The largest absolute Gasteiger partial charge is 0.355 e. The quantitative estimate of drug-likeness (QED) is 0.431. The van der Waals surface area contributed by atoms with Crippen LogP contribution in [0.3, 0.4) is 0 Å². The Labute approximate surface area is 147 Å². The number of hydrogen-bond acceptors (Lipinski definition) is 0. The lowest BCUT2D eigenvalue weighted by Gasteiger charge is -2.21. The first kappa shape index (κ1) is 15.3. The third kappa shape index (κ3) is 2.09. The van der Waals surface area contributed by atoms with Crippen LogP contribution in [0.5, 0.6) is 0 Å². The van der Waals surface area contributed by atoms with Gasteiger partial charge in [0.15, 0.2) is 0 Å². The molecule has 6 heteroatoms. The second kappa shape index (κ2) is 5.41. The molecule has 1 nitrogen and oxygen atoms in total. The Morgan fingerprint density at radius 1 is 0.583 bits per heavy atom. The Morgan fingerprint density at radius 2 is 1.17 bits per heavy atom. The van der Waals surface area contributed by atoms with Crippen molar-refractivity contribution in [3.05, 3.63) is 42.5 Å². The molecule has 0 aliphatic carbocycles. The molecule has 0 amide bonds. The van der Waals surface area contributed by atoms with E-state index in [1.54, 1.807) is 0 Å². The molecule has 0 spiro atoms. The van der Waals surface area contributed by atoms with E-state index in [9.17, 15) is 0 Å². The van der Waals surface area contributed by atoms with Crippen LogP contribution >= 0.6 is 0 Å². The van der Waals surface area contributed by atoms with Crippen LogP contribution < -0.4 is 27.3 Å². The molecule has 0 saturated heterocycles. The van der Waals surface area contributed by atoms with Crippen molar-refractivity contribution < 1.29 is 0 Å². The average molecular weight is 292 g/mol. The Morgan fingerprint density at radius 3 is 1.88 bits per heavy atom. The van der Waals surface area contributed by atoms with Crippen molar-refractivity contribution in [3.8, 4) is 11.1 Å². The summed E-state index contributed by atoms with van der Waals surface area (Å²) >= 11 is 0. The van der Waals surface area contributed by atoms with Gasteiger partial charge in [0.2, 0.25) is 0 Å². The Hall–Kier alpha value is -2.22. The zero-order valence-electron chi connectivity index (χ0n) is 12.9. The molecule has 0 atom stereocenters. The van der Waals surface area contributed by atoms with Crippen molar-refractivity contribution >= 4 is 88.4 Å². The summed E-state index contributed by atoms with van der Waals surface area (Å²) < 4.78 is 0. The van der Waals surface area contributed by atoms with Gasteiger partial charge in [0, 0.05) is 21.8 Å². The molecule has 0 aliphatic heterocycles. The summed E-state index contributed by atoms with van der Waals surface area (Å²) in [6.07, 6.45) is 0. The summed E-state index contributed by atoms with van der Waals surface area (Å²) in [7, 11) is 30.2. The van der Waals surface area contributed by atoms with Crippen LogP contribution in [0.1, 0.15) is 0 Å². The van der Waals surface area contributed by atoms with Crippen molar-refractivity contribution in [3.63, 3.8) is 0 Å². The second-order valence-electron chi connectivity index (χ2n) is 5.87. The average Bonchev–Trinajstić information content (AvgIpc) is 2.96. The summed E-state index contributed by atoms with van der Waals surface area (Å²) in [6.45, 7) is 0. The highest BCUT2D eigenvalue weighted by molar-refractivity contribution is 6.68. The normalized spacial score (nSPS) is 11.3. The molecule has 4 aromatic rings. The molecule has 4 rings (SSSR count). The Bertz CT molecular complexity index is 1080. The van der Waals surface area contributed by atoms with E-state index in [0.717, 1.165) is 27.4 Å². The summed E-state index contributed by atoms with van der Waals surface area (Å²) in [5, 5.41) is 2.21. The molecule has 0 aliphatic rings. The maximum absolute atomic E-state index is 6.17. The lowest BCUT2D eigenvalue weighted by molar-refractivity contribution is 1.55. The number of H-pyrrole nitrogens is 1. The monoisotopic (exact) mass is 293 g/mol. The van der Waals surface area contributed by atoms with E-state index in [1.165, 1.54) is 0 Å². The van der Waals surface area contributed by atoms with Gasteiger partial charge in [-0.15, -0.1) is 16.4 Å². The number of hydrogen-bond donors (Lipinski definition) is 1. The number of fused-ring (bicyclic) bond motifs is 3. The highest BCUT2D eigenvalue weighted by Crippen LogP contribution is 2.28.